The van der Waals surface area contributed by atoms with Crippen LogP contribution in [0.3, 0.4) is 0 Å². The molecule has 0 bridgehead atoms. The van der Waals surface area contributed by atoms with E-state index in [1.165, 1.54) is 77.7 Å². The van der Waals surface area contributed by atoms with E-state index < -0.39 is 0 Å². The van der Waals surface area contributed by atoms with Crippen LogP contribution in [0, 0.1) is 6.92 Å². The first kappa shape index (κ1) is 25.7. The van der Waals surface area contributed by atoms with Crippen molar-refractivity contribution in [3.8, 4) is 22.6 Å². The van der Waals surface area contributed by atoms with Crippen molar-refractivity contribution in [2.24, 2.45) is 7.05 Å². The van der Waals surface area contributed by atoms with Gasteiger partial charge in [0.2, 0.25) is 0 Å². The molecule has 0 atom stereocenters. The van der Waals surface area contributed by atoms with E-state index in [0.29, 0.717) is 13.2 Å². The maximum absolute atomic E-state index is 6.64. The van der Waals surface area contributed by atoms with Gasteiger partial charge in [-0.1, -0.05) is 55.0 Å². The Balaban J connectivity index is 1.29. The van der Waals surface area contributed by atoms with Gasteiger partial charge in [-0.15, -0.1) is 0 Å². The molecule has 4 aromatic rings. The summed E-state index contributed by atoms with van der Waals surface area (Å²) in [6.45, 7) is 6.57. The molecular weight excluding hydrogens is 482 g/mol. The van der Waals surface area contributed by atoms with Gasteiger partial charge in [0, 0.05) is 37.0 Å². The Labute approximate surface area is 232 Å². The monoisotopic (exact) mass is 521 g/mol. The molecule has 6 rings (SSSR count). The zero-order chi connectivity index (χ0) is 26.6. The molecule has 1 aliphatic heterocycles. The number of hydrogen-bond donors (Lipinski definition) is 0. The lowest BCUT2D eigenvalue weighted by Gasteiger charge is -2.29. The minimum atomic E-state index is 0.511. The fourth-order valence-corrected chi connectivity index (χ4v) is 6.20. The summed E-state index contributed by atoms with van der Waals surface area (Å²) < 4.78 is 15.0. The van der Waals surface area contributed by atoms with Crippen LogP contribution >= 0.6 is 0 Å². The number of ether oxygens (including phenoxy) is 2. The van der Waals surface area contributed by atoms with Crippen LogP contribution in [0.15, 0.2) is 67.0 Å². The number of likely N-dealkylation sites (tertiary alicyclic amines) is 1. The van der Waals surface area contributed by atoms with Gasteiger partial charge in [0.15, 0.2) is 0 Å². The standard InChI is InChI=1S/C34H39N3O2/c1-25-28(13-9-14-29(25)27-11-5-3-6-12-27)24-39-33-19-34(38-23-26-20-35-36(2)21-26)32(30-15-10-16-31(30)33)22-37-17-7-4-8-18-37/h3,5-6,9,11-14,19-21H,4,7-8,10,15-18,22-24H2,1-2H3. The summed E-state index contributed by atoms with van der Waals surface area (Å²) >= 11 is 0. The van der Waals surface area contributed by atoms with Crippen LogP contribution in [0.5, 0.6) is 11.5 Å². The molecular formula is C34H39N3O2. The Morgan fingerprint density at radius 1 is 0.821 bits per heavy atom. The van der Waals surface area contributed by atoms with E-state index in [1.54, 1.807) is 0 Å². The molecule has 0 radical (unpaired) electrons. The second-order valence-corrected chi connectivity index (χ2v) is 11.1. The zero-order valence-electron chi connectivity index (χ0n) is 23.3. The van der Waals surface area contributed by atoms with Gasteiger partial charge >= 0.3 is 0 Å². The molecule has 1 aliphatic carbocycles. The average molecular weight is 522 g/mol. The highest BCUT2D eigenvalue weighted by atomic mass is 16.5. The number of nitrogens with zero attached hydrogens (tertiary/aromatic N) is 3. The van der Waals surface area contributed by atoms with Crippen LogP contribution in [-0.2, 0) is 39.6 Å². The highest BCUT2D eigenvalue weighted by Crippen LogP contribution is 2.41. The van der Waals surface area contributed by atoms with E-state index in [0.717, 1.165) is 36.4 Å². The quantitative estimate of drug-likeness (QED) is 0.237. The van der Waals surface area contributed by atoms with E-state index in [4.69, 9.17) is 9.47 Å². The van der Waals surface area contributed by atoms with Crippen LogP contribution in [0.2, 0.25) is 0 Å². The Bertz CT molecular complexity index is 1420. The normalized spacial score (nSPS) is 15.3. The van der Waals surface area contributed by atoms with E-state index in [-0.39, 0.29) is 0 Å². The fraction of sp³-hybridized carbons (Fsp3) is 0.382. The third-order valence-corrected chi connectivity index (χ3v) is 8.34. The van der Waals surface area contributed by atoms with Crippen molar-refractivity contribution in [3.63, 3.8) is 0 Å². The van der Waals surface area contributed by atoms with Crippen LogP contribution < -0.4 is 9.47 Å². The Morgan fingerprint density at radius 3 is 2.41 bits per heavy atom. The van der Waals surface area contributed by atoms with Crippen LogP contribution in [0.4, 0.5) is 0 Å². The molecule has 3 aromatic carbocycles. The predicted molar refractivity (Wildman–Crippen MR) is 156 cm³/mol. The maximum atomic E-state index is 6.64. The van der Waals surface area contributed by atoms with Crippen molar-refractivity contribution in [1.29, 1.82) is 0 Å². The topological polar surface area (TPSA) is 39.5 Å². The SMILES string of the molecule is Cc1c(COc2cc(OCc3cnn(C)c3)c(CN3CCCCC3)c3c2CCC3)cccc1-c1ccccc1. The summed E-state index contributed by atoms with van der Waals surface area (Å²) in [7, 11) is 1.95. The lowest BCUT2D eigenvalue weighted by Crippen LogP contribution is -2.29. The van der Waals surface area contributed by atoms with Gasteiger partial charge in [0.1, 0.15) is 24.7 Å². The summed E-state index contributed by atoms with van der Waals surface area (Å²) in [6.07, 6.45) is 11.2. The molecule has 2 aliphatic rings. The fourth-order valence-electron chi connectivity index (χ4n) is 6.20. The number of rotatable bonds is 9. The van der Waals surface area contributed by atoms with Crippen molar-refractivity contribution >= 4 is 0 Å². The van der Waals surface area contributed by atoms with E-state index in [1.807, 2.05) is 24.1 Å². The van der Waals surface area contributed by atoms with Crippen molar-refractivity contribution in [1.82, 2.24) is 14.7 Å². The number of piperidine rings is 1. The smallest absolute Gasteiger partial charge is 0.128 e. The first-order chi connectivity index (χ1) is 19.2. The number of fused-ring (bicyclic) bond motifs is 1. The van der Waals surface area contributed by atoms with Crippen molar-refractivity contribution < 1.29 is 9.47 Å². The average Bonchev–Trinajstić information content (AvgIpc) is 3.63. The zero-order valence-corrected chi connectivity index (χ0v) is 23.3. The predicted octanol–water partition coefficient (Wildman–Crippen LogP) is 7.03. The summed E-state index contributed by atoms with van der Waals surface area (Å²) in [4.78, 5) is 2.60. The second-order valence-electron chi connectivity index (χ2n) is 11.1. The molecule has 202 valence electrons. The summed E-state index contributed by atoms with van der Waals surface area (Å²) in [5.74, 6) is 1.95. The first-order valence-corrected chi connectivity index (χ1v) is 14.4. The summed E-state index contributed by atoms with van der Waals surface area (Å²) in [5.41, 5.74) is 10.3. The number of hydrogen-bond acceptors (Lipinski definition) is 4. The van der Waals surface area contributed by atoms with E-state index in [9.17, 15) is 0 Å². The molecule has 0 amide bonds. The van der Waals surface area contributed by atoms with Gasteiger partial charge in [0.25, 0.3) is 0 Å². The van der Waals surface area contributed by atoms with Crippen molar-refractivity contribution in [2.75, 3.05) is 13.1 Å². The van der Waals surface area contributed by atoms with Crippen LogP contribution in [0.25, 0.3) is 11.1 Å². The molecule has 1 fully saturated rings. The highest BCUT2D eigenvalue weighted by Gasteiger charge is 2.26. The number of benzene rings is 3. The van der Waals surface area contributed by atoms with Gasteiger partial charge in [-0.3, -0.25) is 9.58 Å². The molecule has 5 nitrogen and oxygen atoms in total. The van der Waals surface area contributed by atoms with Crippen LogP contribution in [-0.4, -0.2) is 27.8 Å². The molecule has 1 saturated heterocycles. The van der Waals surface area contributed by atoms with E-state index in [2.05, 4.69) is 71.5 Å². The Hall–Kier alpha value is -3.57. The summed E-state index contributed by atoms with van der Waals surface area (Å²) in [6, 6.07) is 19.3. The third-order valence-electron chi connectivity index (χ3n) is 8.34. The molecule has 39 heavy (non-hydrogen) atoms. The minimum absolute atomic E-state index is 0.511. The third kappa shape index (κ3) is 5.74. The highest BCUT2D eigenvalue weighted by molar-refractivity contribution is 5.68. The van der Waals surface area contributed by atoms with Gasteiger partial charge in [-0.2, -0.15) is 5.10 Å². The van der Waals surface area contributed by atoms with Gasteiger partial charge in [-0.05, 0) is 85.5 Å². The largest absolute Gasteiger partial charge is 0.488 e. The minimum Gasteiger partial charge on any atom is -0.488 e. The van der Waals surface area contributed by atoms with Crippen molar-refractivity contribution in [2.45, 2.75) is 65.2 Å². The van der Waals surface area contributed by atoms with E-state index >= 15 is 0 Å². The Morgan fingerprint density at radius 2 is 1.62 bits per heavy atom. The van der Waals surface area contributed by atoms with Crippen LogP contribution in [0.1, 0.15) is 59.1 Å². The first-order valence-electron chi connectivity index (χ1n) is 14.4. The lowest BCUT2D eigenvalue weighted by atomic mass is 9.96. The summed E-state index contributed by atoms with van der Waals surface area (Å²) in [5, 5.41) is 4.32. The molecule has 0 saturated carbocycles. The number of aryl methyl sites for hydroxylation is 1. The molecule has 5 heteroatoms. The van der Waals surface area contributed by atoms with Gasteiger partial charge in [-0.25, -0.2) is 0 Å². The van der Waals surface area contributed by atoms with Gasteiger partial charge < -0.3 is 9.47 Å². The number of aromatic nitrogens is 2. The van der Waals surface area contributed by atoms with Crippen molar-refractivity contribution in [3.05, 3.63) is 100 Å². The molecule has 0 unspecified atom stereocenters. The maximum Gasteiger partial charge on any atom is 0.128 e. The molecule has 0 N–H and O–H groups in total. The van der Waals surface area contributed by atoms with Gasteiger partial charge in [0.05, 0.1) is 6.20 Å². The second kappa shape index (κ2) is 11.7. The molecule has 2 heterocycles. The lowest BCUT2D eigenvalue weighted by molar-refractivity contribution is 0.214. The Kier molecular flexibility index (Phi) is 7.69. The molecule has 1 aromatic heterocycles. The molecule has 0 spiro atoms.